The maximum atomic E-state index is 13.6. The van der Waals surface area contributed by atoms with E-state index in [0.29, 0.717) is 24.5 Å². The normalized spacial score (nSPS) is 22.7. The van der Waals surface area contributed by atoms with Gasteiger partial charge < -0.3 is 26.2 Å². The number of benzene rings is 1. The first kappa shape index (κ1) is 36.2. The third kappa shape index (κ3) is 10.2. The number of hydrogen-bond donors (Lipinski definition) is 4. The Bertz CT molecular complexity index is 1570. The van der Waals surface area contributed by atoms with Crippen LogP contribution in [0.1, 0.15) is 60.5 Å². The van der Waals surface area contributed by atoms with E-state index >= 15 is 0 Å². The van der Waals surface area contributed by atoms with Crippen LogP contribution in [0.3, 0.4) is 0 Å². The Morgan fingerprint density at radius 1 is 0.875 bits per heavy atom. The number of carbonyl (C=O) groups excluding carboxylic acids is 5. The van der Waals surface area contributed by atoms with Crippen molar-refractivity contribution in [3.63, 3.8) is 0 Å². The van der Waals surface area contributed by atoms with Crippen molar-refractivity contribution in [2.75, 3.05) is 26.7 Å². The van der Waals surface area contributed by atoms with Crippen molar-refractivity contribution in [1.82, 2.24) is 41.0 Å². The zero-order valence-corrected chi connectivity index (χ0v) is 28.8. The quantitative estimate of drug-likeness (QED) is 0.317. The Morgan fingerprint density at radius 2 is 1.60 bits per heavy atom. The minimum absolute atomic E-state index is 0.0102. The number of hydrogen-bond acceptors (Lipinski definition) is 9. The molecule has 48 heavy (non-hydrogen) atoms. The second-order valence-electron chi connectivity index (χ2n) is 12.3. The zero-order chi connectivity index (χ0) is 34.8. The van der Waals surface area contributed by atoms with Crippen LogP contribution in [0.5, 0.6) is 0 Å². The lowest BCUT2D eigenvalue weighted by Crippen LogP contribution is -2.57. The minimum Gasteiger partial charge on any atom is -0.345 e. The number of thiazole rings is 1. The molecule has 0 fully saturated rings. The highest BCUT2D eigenvalue weighted by Crippen LogP contribution is 2.23. The first-order valence-corrected chi connectivity index (χ1v) is 16.9. The van der Waals surface area contributed by atoms with Gasteiger partial charge in [-0.15, -0.1) is 11.3 Å². The molecule has 4 rings (SSSR count). The molecular weight excluding hydrogens is 632 g/mol. The number of nitrogens with zero attached hydrogens (tertiary/aromatic N) is 4. The van der Waals surface area contributed by atoms with Gasteiger partial charge in [0.1, 0.15) is 28.8 Å². The molecular formula is C34H44N8O5S. The van der Waals surface area contributed by atoms with Gasteiger partial charge in [0.15, 0.2) is 0 Å². The van der Waals surface area contributed by atoms with Crippen LogP contribution in [0.4, 0.5) is 0 Å². The van der Waals surface area contributed by atoms with Crippen molar-refractivity contribution in [2.24, 2.45) is 5.92 Å². The van der Waals surface area contributed by atoms with Gasteiger partial charge in [-0.25, -0.2) is 4.98 Å². The fraction of sp³-hybridized carbons (Fsp3) is 0.441. The smallest absolute Gasteiger partial charge is 0.271 e. The van der Waals surface area contributed by atoms with Gasteiger partial charge in [-0.05, 0) is 43.9 Å². The summed E-state index contributed by atoms with van der Waals surface area (Å²) in [6, 6.07) is 11.9. The van der Waals surface area contributed by atoms with Gasteiger partial charge in [0.2, 0.25) is 23.6 Å². The summed E-state index contributed by atoms with van der Waals surface area (Å²) >= 11 is 1.24. The van der Waals surface area contributed by atoms with E-state index in [9.17, 15) is 24.0 Å². The Labute approximate surface area is 284 Å². The molecule has 0 saturated heterocycles. The van der Waals surface area contributed by atoms with Gasteiger partial charge in [-0.3, -0.25) is 33.9 Å². The lowest BCUT2D eigenvalue weighted by Gasteiger charge is -2.28. The summed E-state index contributed by atoms with van der Waals surface area (Å²) in [4.78, 5) is 78.8. The average molecular weight is 677 g/mol. The zero-order valence-electron chi connectivity index (χ0n) is 27.9. The molecule has 2 bridgehead atoms. The van der Waals surface area contributed by atoms with Crippen molar-refractivity contribution < 1.29 is 24.0 Å². The number of carbonyl (C=O) groups is 5. The predicted molar refractivity (Wildman–Crippen MR) is 182 cm³/mol. The van der Waals surface area contributed by atoms with Crippen LogP contribution in [-0.4, -0.2) is 94.1 Å². The monoisotopic (exact) mass is 676 g/mol. The summed E-state index contributed by atoms with van der Waals surface area (Å²) in [5.41, 5.74) is 1.85. The van der Waals surface area contributed by atoms with E-state index in [1.54, 1.807) is 39.4 Å². The maximum Gasteiger partial charge on any atom is 0.271 e. The lowest BCUT2D eigenvalue weighted by atomic mass is 10.0. The number of nitrogens with one attached hydrogen (secondary N) is 4. The van der Waals surface area contributed by atoms with Crippen LogP contribution in [0, 0.1) is 5.92 Å². The van der Waals surface area contributed by atoms with Gasteiger partial charge in [-0.2, -0.15) is 0 Å². The molecule has 13 nitrogen and oxygen atoms in total. The fourth-order valence-electron chi connectivity index (χ4n) is 5.23. The molecule has 0 unspecified atom stereocenters. The molecule has 4 atom stereocenters. The van der Waals surface area contributed by atoms with Crippen molar-refractivity contribution in [2.45, 2.75) is 64.8 Å². The highest BCUT2D eigenvalue weighted by Gasteiger charge is 2.31. The van der Waals surface area contributed by atoms with E-state index < -0.39 is 41.9 Å². The van der Waals surface area contributed by atoms with Crippen molar-refractivity contribution >= 4 is 40.9 Å². The Balaban J connectivity index is 1.65. The molecule has 1 aliphatic heterocycles. The van der Waals surface area contributed by atoms with Crippen LogP contribution in [-0.2, 0) is 32.1 Å². The van der Waals surface area contributed by atoms with Crippen molar-refractivity contribution in [3.05, 3.63) is 82.1 Å². The molecule has 1 aliphatic rings. The summed E-state index contributed by atoms with van der Waals surface area (Å²) in [5, 5.41) is 13.3. The van der Waals surface area contributed by atoms with E-state index in [1.165, 1.54) is 23.2 Å². The standard InChI is InChI=1S/C34H44N8O5S/c1-21(2)29-32(46)37-23(4)34(47)41(5)15-16-42(18-25-13-9-10-14-35-25)19-28(43)38-26(17-24-11-7-6-8-12-24)33-39-27(20-48-33)31(45)36-22(3)30(44)40-29/h6-14,20-23,26,29H,15-19H2,1-5H3,(H,36,45)(H,37,46)(H,38,43)(H,40,44)/t22-,23+,26-,29-/m0/s1. The van der Waals surface area contributed by atoms with Crippen molar-refractivity contribution in [3.8, 4) is 0 Å². The van der Waals surface area contributed by atoms with Gasteiger partial charge in [-0.1, -0.05) is 50.2 Å². The Kier molecular flexibility index (Phi) is 12.7. The molecule has 5 amide bonds. The van der Waals surface area contributed by atoms with Crippen LogP contribution in [0.15, 0.2) is 60.1 Å². The molecule has 0 aliphatic carbocycles. The molecule has 0 radical (unpaired) electrons. The highest BCUT2D eigenvalue weighted by molar-refractivity contribution is 7.09. The molecule has 2 aromatic heterocycles. The second kappa shape index (κ2) is 16.9. The molecule has 3 heterocycles. The Hall–Kier alpha value is -4.69. The number of fused-ring (bicyclic) bond motifs is 2. The first-order chi connectivity index (χ1) is 22.9. The van der Waals surface area contributed by atoms with Crippen molar-refractivity contribution in [1.29, 1.82) is 0 Å². The van der Waals surface area contributed by atoms with E-state index in [1.807, 2.05) is 53.4 Å². The third-order valence-corrected chi connectivity index (χ3v) is 8.95. The number of likely N-dealkylation sites (N-methyl/N-ethyl adjacent to an activating group) is 1. The summed E-state index contributed by atoms with van der Waals surface area (Å²) in [6.07, 6.45) is 2.12. The summed E-state index contributed by atoms with van der Waals surface area (Å²) in [7, 11) is 1.64. The summed E-state index contributed by atoms with van der Waals surface area (Å²) < 4.78 is 0. The maximum absolute atomic E-state index is 13.6. The molecule has 3 aromatic rings. The molecule has 0 saturated carbocycles. The molecule has 1 aromatic carbocycles. The predicted octanol–water partition coefficient (Wildman–Crippen LogP) is 1.68. The molecule has 14 heteroatoms. The van der Waals surface area contributed by atoms with Gasteiger partial charge >= 0.3 is 0 Å². The summed E-state index contributed by atoms with van der Waals surface area (Å²) in [5.74, 6) is -2.53. The van der Waals surface area contributed by atoms with E-state index in [-0.39, 0.29) is 36.5 Å². The Morgan fingerprint density at radius 3 is 2.29 bits per heavy atom. The van der Waals surface area contributed by atoms with E-state index in [2.05, 4.69) is 31.2 Å². The number of aromatic nitrogens is 2. The summed E-state index contributed by atoms with van der Waals surface area (Å²) in [6.45, 7) is 7.66. The van der Waals surface area contributed by atoms with E-state index in [4.69, 9.17) is 0 Å². The SMILES string of the molecule is CC(C)[C@@H]1NC(=O)[C@H](C)NC(=O)c2csc(n2)[C@H](Cc2ccccc2)NC(=O)CN(Cc2ccccn2)CCN(C)C(=O)[C@@H](C)NC1=O. The number of amides is 5. The molecule has 4 N–H and O–H groups in total. The average Bonchev–Trinajstić information content (AvgIpc) is 3.56. The number of pyridine rings is 1. The van der Waals surface area contributed by atoms with Gasteiger partial charge in [0.25, 0.3) is 5.91 Å². The van der Waals surface area contributed by atoms with Gasteiger partial charge in [0, 0.05) is 38.3 Å². The lowest BCUT2D eigenvalue weighted by molar-refractivity contribution is -0.136. The topological polar surface area (TPSA) is 166 Å². The largest absolute Gasteiger partial charge is 0.345 e. The van der Waals surface area contributed by atoms with Crippen LogP contribution in [0.2, 0.25) is 0 Å². The minimum atomic E-state index is -0.985. The first-order valence-electron chi connectivity index (χ1n) is 16.0. The van der Waals surface area contributed by atoms with Crippen LogP contribution < -0.4 is 21.3 Å². The van der Waals surface area contributed by atoms with E-state index in [0.717, 1.165) is 11.3 Å². The second-order valence-corrected chi connectivity index (χ2v) is 13.2. The van der Waals surface area contributed by atoms with Crippen LogP contribution in [0.25, 0.3) is 0 Å². The molecule has 0 spiro atoms. The molecule has 256 valence electrons. The van der Waals surface area contributed by atoms with Gasteiger partial charge in [0.05, 0.1) is 18.3 Å². The fourth-order valence-corrected chi connectivity index (χ4v) is 6.08. The third-order valence-electron chi connectivity index (χ3n) is 7.99. The van der Waals surface area contributed by atoms with Crippen LogP contribution >= 0.6 is 11.3 Å². The number of rotatable bonds is 5. The highest BCUT2D eigenvalue weighted by atomic mass is 32.1.